The van der Waals surface area contributed by atoms with Crippen LogP contribution >= 0.6 is 11.6 Å². The minimum atomic E-state index is -1.93. The molecule has 0 aromatic heterocycles. The lowest BCUT2D eigenvalue weighted by molar-refractivity contribution is -0.136. The first-order valence-electron chi connectivity index (χ1n) is 17.6. The molecule has 2 aromatic rings. The summed E-state index contributed by atoms with van der Waals surface area (Å²) in [6.45, 7) is 3.98. The van der Waals surface area contributed by atoms with Crippen LogP contribution in [-0.4, -0.2) is 113 Å². The van der Waals surface area contributed by atoms with Gasteiger partial charge in [0.15, 0.2) is 0 Å². The number of halogens is 1. The van der Waals surface area contributed by atoms with Crippen LogP contribution in [0.5, 0.6) is 0 Å². The third kappa shape index (κ3) is 16.1. The second kappa shape index (κ2) is 23.0. The van der Waals surface area contributed by atoms with Crippen LogP contribution in [-0.2, 0) is 28.8 Å². The minimum Gasteiger partial charge on any atom is -0.426 e. The molecule has 0 aliphatic heterocycles. The molecule has 0 heterocycles. The Balaban J connectivity index is 2.00. The Labute approximate surface area is 324 Å². The Morgan fingerprint density at radius 2 is 1.33 bits per heavy atom. The van der Waals surface area contributed by atoms with Gasteiger partial charge in [0.2, 0.25) is 35.4 Å². The summed E-state index contributed by atoms with van der Waals surface area (Å²) in [4.78, 5) is 89.0. The van der Waals surface area contributed by atoms with E-state index in [0.717, 1.165) is 11.1 Å². The average Bonchev–Trinajstić information content (AvgIpc) is 3.12. The zero-order valence-corrected chi connectivity index (χ0v) is 31.6. The number of primary amides is 1. The molecule has 13 N–H and O–H groups in total. The fourth-order valence-electron chi connectivity index (χ4n) is 5.01. The first-order chi connectivity index (χ1) is 25.9. The molecule has 0 fully saturated rings. The van der Waals surface area contributed by atoms with E-state index in [1.54, 1.807) is 36.4 Å². The van der Waals surface area contributed by atoms with Crippen molar-refractivity contribution in [3.8, 4) is 11.1 Å². The first-order valence-corrected chi connectivity index (χ1v) is 18.0. The predicted molar refractivity (Wildman–Crippen MR) is 203 cm³/mol. The monoisotopic (exact) mass is 788 g/mol. The molecular weight excluding hydrogens is 739 g/mol. The van der Waals surface area contributed by atoms with Crippen LogP contribution in [0.1, 0.15) is 63.2 Å². The lowest BCUT2D eigenvalue weighted by atomic mass is 9.81. The van der Waals surface area contributed by atoms with Crippen LogP contribution < -0.4 is 43.4 Å². The number of benzene rings is 2. The highest BCUT2D eigenvalue weighted by Gasteiger charge is 2.33. The van der Waals surface area contributed by atoms with Crippen LogP contribution in [0.15, 0.2) is 48.5 Å². The Morgan fingerprint density at radius 3 is 1.87 bits per heavy atom. The molecular formula is C35H50BClN8O10. The lowest BCUT2D eigenvalue weighted by Gasteiger charge is -2.26. The van der Waals surface area contributed by atoms with Gasteiger partial charge in [-0.2, -0.15) is 0 Å². The van der Waals surface area contributed by atoms with E-state index in [0.29, 0.717) is 30.0 Å². The zero-order chi connectivity index (χ0) is 41.2. The molecule has 300 valence electrons. The van der Waals surface area contributed by atoms with Gasteiger partial charge in [-0.15, -0.1) is 0 Å². The number of unbranched alkanes of at least 4 members (excludes halogenated alkanes) is 1. The summed E-state index contributed by atoms with van der Waals surface area (Å²) in [5.74, 6) is -6.81. The standard InChI is InChI=1S/C35H50BClN8O10/c1-19(31(49)44-27(18-28(39)47)34(52)42-21(3)36(54)55)41-35(53)30(20(2)46)45-33(51)26(6-4-5-16-38)43-29(48)15-17-40-32(50)24-9-7-22(8-10-24)23-11-13-25(37)14-12-23/h7-14,19-21,26-27,30,46,54-55H,4-6,15-18,38H2,1-3H3,(H2,39,47)(H,40,50)(H,41,53)(H,42,52)(H,43,48)(H,44,49)(H,45,51)/t19-,20?,21-,26-,27-,30-/m0/s1. The summed E-state index contributed by atoms with van der Waals surface area (Å²) >= 11 is 5.95. The summed E-state index contributed by atoms with van der Waals surface area (Å²) in [5, 5.41) is 43.9. The highest BCUT2D eigenvalue weighted by molar-refractivity contribution is 6.43. The summed E-state index contributed by atoms with van der Waals surface area (Å²) in [6, 6.07) is 8.43. The second-order valence-corrected chi connectivity index (χ2v) is 13.3. The molecule has 55 heavy (non-hydrogen) atoms. The molecule has 6 atom stereocenters. The van der Waals surface area contributed by atoms with Gasteiger partial charge in [-0.25, -0.2) is 0 Å². The van der Waals surface area contributed by atoms with Gasteiger partial charge >= 0.3 is 7.12 Å². The fraction of sp³-hybridized carbons (Fsp3) is 0.457. The van der Waals surface area contributed by atoms with E-state index < -0.39 is 91.1 Å². The van der Waals surface area contributed by atoms with E-state index >= 15 is 0 Å². The smallest absolute Gasteiger partial charge is 0.426 e. The summed E-state index contributed by atoms with van der Waals surface area (Å²) < 4.78 is 0. The van der Waals surface area contributed by atoms with Crippen LogP contribution in [0.25, 0.3) is 11.1 Å². The number of aliphatic hydroxyl groups excluding tert-OH is 1. The number of amides is 7. The molecule has 1 unspecified atom stereocenters. The Bertz CT molecular complexity index is 1630. The van der Waals surface area contributed by atoms with E-state index in [9.17, 15) is 48.7 Å². The highest BCUT2D eigenvalue weighted by Crippen LogP contribution is 2.22. The molecule has 0 spiro atoms. The number of hydrogen-bond acceptors (Lipinski definition) is 11. The molecule has 0 bridgehead atoms. The number of nitrogens with two attached hydrogens (primary N) is 2. The van der Waals surface area contributed by atoms with Gasteiger partial charge in [-0.3, -0.25) is 33.6 Å². The van der Waals surface area contributed by atoms with Crippen molar-refractivity contribution in [3.05, 3.63) is 59.1 Å². The number of carbonyl (C=O) groups excluding carboxylic acids is 7. The molecule has 0 saturated heterocycles. The van der Waals surface area contributed by atoms with Crippen LogP contribution in [0.3, 0.4) is 0 Å². The second-order valence-electron chi connectivity index (χ2n) is 12.9. The van der Waals surface area contributed by atoms with Gasteiger partial charge in [0.25, 0.3) is 5.91 Å². The van der Waals surface area contributed by atoms with E-state index in [1.165, 1.54) is 20.8 Å². The fourth-order valence-corrected chi connectivity index (χ4v) is 5.14. The van der Waals surface area contributed by atoms with E-state index in [1.807, 2.05) is 12.1 Å². The van der Waals surface area contributed by atoms with Gasteiger partial charge in [-0.1, -0.05) is 35.9 Å². The van der Waals surface area contributed by atoms with Gasteiger partial charge in [0.1, 0.15) is 24.2 Å². The minimum absolute atomic E-state index is 0.0518. The van der Waals surface area contributed by atoms with E-state index in [2.05, 4.69) is 31.9 Å². The van der Waals surface area contributed by atoms with Crippen LogP contribution in [0.4, 0.5) is 0 Å². The maximum atomic E-state index is 13.4. The van der Waals surface area contributed by atoms with Gasteiger partial charge in [-0.05, 0) is 82.0 Å². The molecule has 18 nitrogen and oxygen atoms in total. The number of nitrogens with one attached hydrogen (secondary N) is 6. The molecule has 0 aliphatic rings. The molecule has 2 rings (SSSR count). The lowest BCUT2D eigenvalue weighted by Crippen LogP contribution is -2.60. The van der Waals surface area contributed by atoms with Crippen LogP contribution in [0, 0.1) is 0 Å². The van der Waals surface area contributed by atoms with Crippen molar-refractivity contribution in [1.29, 1.82) is 0 Å². The van der Waals surface area contributed by atoms with Crippen molar-refractivity contribution in [2.24, 2.45) is 11.5 Å². The average molecular weight is 789 g/mol. The van der Waals surface area contributed by atoms with Crippen molar-refractivity contribution in [3.63, 3.8) is 0 Å². The van der Waals surface area contributed by atoms with Gasteiger partial charge < -0.3 is 58.5 Å². The maximum absolute atomic E-state index is 13.4. The Hall–Kier alpha value is -5.08. The van der Waals surface area contributed by atoms with Crippen molar-refractivity contribution in [2.45, 2.75) is 89.1 Å². The number of carbonyl (C=O) groups is 7. The van der Waals surface area contributed by atoms with Gasteiger partial charge in [0, 0.05) is 23.6 Å². The van der Waals surface area contributed by atoms with E-state index in [4.69, 9.17) is 23.1 Å². The molecule has 2 aromatic carbocycles. The summed E-state index contributed by atoms with van der Waals surface area (Å²) in [7, 11) is -1.93. The topological polar surface area (TPSA) is 304 Å². The van der Waals surface area contributed by atoms with Crippen molar-refractivity contribution in [2.75, 3.05) is 13.1 Å². The van der Waals surface area contributed by atoms with Crippen molar-refractivity contribution < 1.29 is 48.7 Å². The maximum Gasteiger partial charge on any atom is 0.475 e. The van der Waals surface area contributed by atoms with Crippen LogP contribution in [0.2, 0.25) is 5.02 Å². The molecule has 7 amide bonds. The van der Waals surface area contributed by atoms with E-state index in [-0.39, 0.29) is 19.4 Å². The third-order valence-electron chi connectivity index (χ3n) is 8.23. The molecule has 0 aliphatic carbocycles. The first kappa shape index (κ1) is 46.1. The molecule has 20 heteroatoms. The van der Waals surface area contributed by atoms with Gasteiger partial charge in [0.05, 0.1) is 18.5 Å². The SMILES string of the molecule is CC(O)[C@H](NC(=O)[C@H](CCCCN)NC(=O)CCNC(=O)c1ccc(-c2ccc(Cl)cc2)cc1)C(=O)N[C@@H](C)C(=O)N[C@@H](CC(N)=O)C(=O)N[C@@H](C)B(O)O. The molecule has 0 saturated carbocycles. The number of aliphatic hydroxyl groups is 1. The normalized spacial score (nSPS) is 14.1. The third-order valence-corrected chi connectivity index (χ3v) is 8.48. The largest absolute Gasteiger partial charge is 0.475 e. The summed E-state index contributed by atoms with van der Waals surface area (Å²) in [5.41, 5.74) is 13.0. The van der Waals surface area contributed by atoms with Crippen molar-refractivity contribution >= 4 is 60.1 Å². The number of rotatable bonds is 22. The predicted octanol–water partition coefficient (Wildman–Crippen LogP) is -2.01. The zero-order valence-electron chi connectivity index (χ0n) is 30.8. The Kier molecular flexibility index (Phi) is 19.3. The highest BCUT2D eigenvalue weighted by atomic mass is 35.5. The Morgan fingerprint density at radius 1 is 0.745 bits per heavy atom. The molecule has 0 radical (unpaired) electrons. The van der Waals surface area contributed by atoms with Crippen molar-refractivity contribution in [1.82, 2.24) is 31.9 Å². The quantitative estimate of drug-likeness (QED) is 0.0458. The summed E-state index contributed by atoms with van der Waals surface area (Å²) in [6.07, 6.45) is -1.23. The number of hydrogen-bond donors (Lipinski definition) is 11.